The van der Waals surface area contributed by atoms with Crippen molar-refractivity contribution >= 4 is 16.0 Å². The first-order valence-corrected chi connectivity index (χ1v) is 6.69. The van der Waals surface area contributed by atoms with Gasteiger partial charge in [0.15, 0.2) is 0 Å². The topological polar surface area (TPSA) is 96.4 Å². The molecule has 1 heterocycles. The SMILES string of the molecule is CC(CC(=O)O)(NS(=O)(=O)c1cncc(F)c1)C(F)F. The molecule has 0 radical (unpaired) electrons. The molecule has 1 aromatic rings. The van der Waals surface area contributed by atoms with Gasteiger partial charge >= 0.3 is 5.97 Å². The first kappa shape index (κ1) is 16.4. The van der Waals surface area contributed by atoms with Crippen LogP contribution >= 0.6 is 0 Å². The summed E-state index contributed by atoms with van der Waals surface area (Å²) in [6.07, 6.45) is -2.90. The Bertz CT molecular complexity index is 608. The molecule has 1 atom stereocenters. The number of halogens is 3. The van der Waals surface area contributed by atoms with Crippen LogP contribution < -0.4 is 4.72 Å². The predicted octanol–water partition coefficient (Wildman–Crippen LogP) is 0.997. The summed E-state index contributed by atoms with van der Waals surface area (Å²) in [5.74, 6) is -2.57. The number of carbonyl (C=O) groups is 1. The standard InChI is InChI=1S/C10H11F3N2O4S/c1-10(9(12)13,3-8(16)17)15-20(18,19)7-2-6(11)4-14-5-7/h2,4-5,9,15H,3H2,1H3,(H,16,17). The van der Waals surface area contributed by atoms with Crippen molar-refractivity contribution in [2.75, 3.05) is 0 Å². The fourth-order valence-electron chi connectivity index (χ4n) is 1.38. The number of aromatic nitrogens is 1. The molecule has 0 spiro atoms. The Morgan fingerprint density at radius 3 is 2.55 bits per heavy atom. The fraction of sp³-hybridized carbons (Fsp3) is 0.400. The first-order chi connectivity index (χ1) is 9.07. The van der Waals surface area contributed by atoms with E-state index >= 15 is 0 Å². The van der Waals surface area contributed by atoms with E-state index in [0.717, 1.165) is 19.3 Å². The van der Waals surface area contributed by atoms with Gasteiger partial charge in [-0.2, -0.15) is 4.72 Å². The minimum Gasteiger partial charge on any atom is -0.481 e. The van der Waals surface area contributed by atoms with Crippen LogP contribution in [0.15, 0.2) is 23.4 Å². The van der Waals surface area contributed by atoms with Crippen molar-refractivity contribution in [1.82, 2.24) is 9.71 Å². The van der Waals surface area contributed by atoms with Crippen molar-refractivity contribution < 1.29 is 31.5 Å². The van der Waals surface area contributed by atoms with Crippen LogP contribution in [0.25, 0.3) is 0 Å². The van der Waals surface area contributed by atoms with E-state index in [1.807, 2.05) is 0 Å². The second-order valence-corrected chi connectivity index (χ2v) is 5.92. The van der Waals surface area contributed by atoms with Crippen LogP contribution in [0.1, 0.15) is 13.3 Å². The van der Waals surface area contributed by atoms with Crippen molar-refractivity contribution in [3.8, 4) is 0 Å². The Morgan fingerprint density at radius 2 is 2.10 bits per heavy atom. The maximum absolute atomic E-state index is 12.9. The molecule has 0 aliphatic heterocycles. The largest absolute Gasteiger partial charge is 0.481 e. The number of rotatable bonds is 6. The van der Waals surface area contributed by atoms with Gasteiger partial charge in [-0.3, -0.25) is 9.78 Å². The highest BCUT2D eigenvalue weighted by atomic mass is 32.2. The first-order valence-electron chi connectivity index (χ1n) is 5.21. The average Bonchev–Trinajstić information content (AvgIpc) is 2.26. The molecule has 6 nitrogen and oxygen atoms in total. The maximum Gasteiger partial charge on any atom is 0.305 e. The van der Waals surface area contributed by atoms with Crippen LogP contribution in [0.2, 0.25) is 0 Å². The van der Waals surface area contributed by atoms with E-state index in [-0.39, 0.29) is 0 Å². The van der Waals surface area contributed by atoms with Crippen LogP contribution in [0.5, 0.6) is 0 Å². The van der Waals surface area contributed by atoms with E-state index in [1.54, 1.807) is 4.72 Å². The molecule has 2 N–H and O–H groups in total. The number of carboxylic acids is 1. The average molecular weight is 312 g/mol. The van der Waals surface area contributed by atoms with Crippen LogP contribution in [-0.4, -0.2) is 36.4 Å². The molecule has 0 aliphatic carbocycles. The number of hydrogen-bond acceptors (Lipinski definition) is 4. The Morgan fingerprint density at radius 1 is 1.50 bits per heavy atom. The van der Waals surface area contributed by atoms with Crippen LogP contribution in [0.4, 0.5) is 13.2 Å². The molecule has 0 bridgehead atoms. The van der Waals surface area contributed by atoms with E-state index in [2.05, 4.69) is 4.98 Å². The molecular weight excluding hydrogens is 301 g/mol. The zero-order valence-electron chi connectivity index (χ0n) is 10.2. The summed E-state index contributed by atoms with van der Waals surface area (Å²) >= 11 is 0. The lowest BCUT2D eigenvalue weighted by Gasteiger charge is -2.27. The number of alkyl halides is 2. The van der Waals surface area contributed by atoms with Crippen molar-refractivity contribution in [2.24, 2.45) is 0 Å². The van der Waals surface area contributed by atoms with Gasteiger partial charge < -0.3 is 5.11 Å². The summed E-state index contributed by atoms with van der Waals surface area (Å²) in [5, 5.41) is 8.57. The molecule has 0 fully saturated rings. The summed E-state index contributed by atoms with van der Waals surface area (Å²) in [5.41, 5.74) is -2.52. The lowest BCUT2D eigenvalue weighted by molar-refractivity contribution is -0.140. The Kier molecular flexibility index (Phi) is 4.71. The van der Waals surface area contributed by atoms with Crippen LogP contribution in [-0.2, 0) is 14.8 Å². The monoisotopic (exact) mass is 312 g/mol. The fourth-order valence-corrected chi connectivity index (χ4v) is 2.74. The number of pyridine rings is 1. The molecule has 1 unspecified atom stereocenters. The van der Waals surface area contributed by atoms with Crippen LogP contribution in [0, 0.1) is 5.82 Å². The summed E-state index contributed by atoms with van der Waals surface area (Å²) < 4.78 is 63.9. The second kappa shape index (κ2) is 5.75. The third-order valence-electron chi connectivity index (χ3n) is 2.36. The molecule has 1 rings (SSSR count). The van der Waals surface area contributed by atoms with Gasteiger partial charge in [0.05, 0.1) is 12.6 Å². The van der Waals surface area contributed by atoms with E-state index < -0.39 is 45.1 Å². The predicted molar refractivity (Wildman–Crippen MR) is 61.2 cm³/mol. The normalized spacial score (nSPS) is 15.1. The highest BCUT2D eigenvalue weighted by molar-refractivity contribution is 7.89. The van der Waals surface area contributed by atoms with Gasteiger partial charge in [0, 0.05) is 6.20 Å². The van der Waals surface area contributed by atoms with Crippen molar-refractivity contribution in [1.29, 1.82) is 0 Å². The summed E-state index contributed by atoms with van der Waals surface area (Å²) in [4.78, 5) is 13.2. The highest BCUT2D eigenvalue weighted by Gasteiger charge is 2.41. The van der Waals surface area contributed by atoms with Gasteiger partial charge in [-0.15, -0.1) is 0 Å². The molecule has 0 aliphatic rings. The minimum atomic E-state index is -4.53. The molecule has 0 amide bonds. The molecule has 112 valence electrons. The molecule has 0 aromatic carbocycles. The smallest absolute Gasteiger partial charge is 0.305 e. The van der Waals surface area contributed by atoms with Crippen molar-refractivity contribution in [3.05, 3.63) is 24.3 Å². The number of hydrogen-bond donors (Lipinski definition) is 2. The molecular formula is C10H11F3N2O4S. The van der Waals surface area contributed by atoms with Gasteiger partial charge in [0.1, 0.15) is 16.3 Å². The highest BCUT2D eigenvalue weighted by Crippen LogP contribution is 2.23. The number of carboxylic acid groups (broad SMARTS) is 1. The number of nitrogens with zero attached hydrogens (tertiary/aromatic N) is 1. The lowest BCUT2D eigenvalue weighted by Crippen LogP contribution is -2.52. The Labute approximate surface area is 112 Å². The van der Waals surface area contributed by atoms with Gasteiger partial charge in [-0.25, -0.2) is 21.6 Å². The molecule has 0 saturated heterocycles. The molecule has 0 saturated carbocycles. The molecule has 1 aromatic heterocycles. The Balaban J connectivity index is 3.13. The number of aliphatic carboxylic acids is 1. The number of nitrogens with one attached hydrogen (secondary N) is 1. The van der Waals surface area contributed by atoms with Crippen LogP contribution in [0.3, 0.4) is 0 Å². The summed E-state index contributed by atoms with van der Waals surface area (Å²) in [6.45, 7) is 0.746. The minimum absolute atomic E-state index is 0.585. The van der Waals surface area contributed by atoms with E-state index in [4.69, 9.17) is 5.11 Å². The van der Waals surface area contributed by atoms with E-state index in [1.165, 1.54) is 0 Å². The third kappa shape index (κ3) is 3.90. The summed E-state index contributed by atoms with van der Waals surface area (Å²) in [6, 6.07) is 0.585. The third-order valence-corrected chi connectivity index (χ3v) is 3.94. The van der Waals surface area contributed by atoms with Gasteiger partial charge in [-0.1, -0.05) is 0 Å². The van der Waals surface area contributed by atoms with Crippen molar-refractivity contribution in [3.63, 3.8) is 0 Å². The van der Waals surface area contributed by atoms with Gasteiger partial charge in [-0.05, 0) is 13.0 Å². The Hall–Kier alpha value is -1.68. The lowest BCUT2D eigenvalue weighted by atomic mass is 10.0. The number of sulfonamides is 1. The molecule has 20 heavy (non-hydrogen) atoms. The maximum atomic E-state index is 12.9. The van der Waals surface area contributed by atoms with Gasteiger partial charge in [0.25, 0.3) is 6.43 Å². The quantitative estimate of drug-likeness (QED) is 0.817. The summed E-state index contributed by atoms with van der Waals surface area (Å²) in [7, 11) is -4.53. The van der Waals surface area contributed by atoms with E-state index in [0.29, 0.717) is 6.07 Å². The zero-order valence-corrected chi connectivity index (χ0v) is 11.0. The zero-order chi connectivity index (χ0) is 15.6. The van der Waals surface area contributed by atoms with Crippen molar-refractivity contribution in [2.45, 2.75) is 30.2 Å². The van der Waals surface area contributed by atoms with E-state index in [9.17, 15) is 26.4 Å². The second-order valence-electron chi connectivity index (χ2n) is 4.23. The van der Waals surface area contributed by atoms with Gasteiger partial charge in [0.2, 0.25) is 10.0 Å². The molecule has 10 heteroatoms.